The van der Waals surface area contributed by atoms with Crippen LogP contribution in [0.25, 0.3) is 0 Å². The van der Waals surface area contributed by atoms with Gasteiger partial charge in [0.2, 0.25) is 0 Å². The number of halogens is 2. The van der Waals surface area contributed by atoms with Crippen molar-refractivity contribution in [2.75, 3.05) is 20.2 Å². The van der Waals surface area contributed by atoms with Crippen LogP contribution in [0.1, 0.15) is 30.6 Å². The Morgan fingerprint density at radius 2 is 1.92 bits per heavy atom. The number of nitrogens with zero attached hydrogens (tertiary/aromatic N) is 1. The second kappa shape index (κ2) is 9.05. The summed E-state index contributed by atoms with van der Waals surface area (Å²) in [6.07, 6.45) is -0.199. The maximum atomic E-state index is 12.6. The summed E-state index contributed by atoms with van der Waals surface area (Å²) >= 11 is 0. The summed E-state index contributed by atoms with van der Waals surface area (Å²) in [5, 5.41) is 8.80. The lowest BCUT2D eigenvalue weighted by Gasteiger charge is -2.24. The topological polar surface area (TPSA) is 76.1 Å². The van der Waals surface area contributed by atoms with Crippen molar-refractivity contribution in [3.05, 3.63) is 23.8 Å². The SMILES string of the molecule is COc1ccc(C(=O)N(CCC(=O)O)CC(C)C)cc1OC(F)F. The van der Waals surface area contributed by atoms with Crippen LogP contribution in [0.4, 0.5) is 8.78 Å². The number of carbonyl (C=O) groups is 2. The predicted octanol–water partition coefficient (Wildman–Crippen LogP) is 2.87. The van der Waals surface area contributed by atoms with Gasteiger partial charge < -0.3 is 19.5 Å². The van der Waals surface area contributed by atoms with Crippen LogP contribution in [-0.2, 0) is 4.79 Å². The number of carboxylic acid groups (broad SMARTS) is 1. The molecule has 0 aliphatic rings. The summed E-state index contributed by atoms with van der Waals surface area (Å²) in [5.74, 6) is -1.52. The first kappa shape index (κ1) is 19.7. The van der Waals surface area contributed by atoms with Gasteiger partial charge in [0.15, 0.2) is 11.5 Å². The molecule has 0 fully saturated rings. The lowest BCUT2D eigenvalue weighted by atomic mass is 10.1. The van der Waals surface area contributed by atoms with Crippen LogP contribution in [0.5, 0.6) is 11.5 Å². The first-order valence-electron chi connectivity index (χ1n) is 7.38. The number of rotatable bonds is 9. The van der Waals surface area contributed by atoms with Crippen molar-refractivity contribution in [1.29, 1.82) is 0 Å². The summed E-state index contributed by atoms with van der Waals surface area (Å²) in [5.41, 5.74) is 0.123. The van der Waals surface area contributed by atoms with Crippen molar-refractivity contribution >= 4 is 11.9 Å². The minimum absolute atomic E-state index is 0.0312. The zero-order valence-corrected chi connectivity index (χ0v) is 13.8. The lowest BCUT2D eigenvalue weighted by molar-refractivity contribution is -0.137. The molecule has 0 radical (unpaired) electrons. The van der Waals surface area contributed by atoms with Crippen molar-refractivity contribution in [1.82, 2.24) is 4.90 Å². The summed E-state index contributed by atoms with van der Waals surface area (Å²) in [4.78, 5) is 24.7. The number of amides is 1. The average Bonchev–Trinajstić information content (AvgIpc) is 2.49. The maximum Gasteiger partial charge on any atom is 0.387 e. The Hall–Kier alpha value is -2.38. The van der Waals surface area contributed by atoms with Crippen molar-refractivity contribution in [2.24, 2.45) is 5.92 Å². The molecular formula is C16H21F2NO5. The van der Waals surface area contributed by atoms with Gasteiger partial charge in [-0.15, -0.1) is 0 Å². The Labute approximate surface area is 139 Å². The van der Waals surface area contributed by atoms with Gasteiger partial charge in [0, 0.05) is 18.7 Å². The van der Waals surface area contributed by atoms with Gasteiger partial charge >= 0.3 is 12.6 Å². The average molecular weight is 345 g/mol. The fraction of sp³-hybridized carbons (Fsp3) is 0.500. The standard InChI is InChI=1S/C16H21F2NO5/c1-10(2)9-19(7-6-14(20)21)15(22)11-4-5-12(23-3)13(8-11)24-16(17)18/h4-5,8,10,16H,6-7,9H2,1-3H3,(H,20,21). The molecule has 0 saturated carbocycles. The minimum Gasteiger partial charge on any atom is -0.493 e. The number of benzene rings is 1. The fourth-order valence-electron chi connectivity index (χ4n) is 2.13. The van der Waals surface area contributed by atoms with Crippen molar-refractivity contribution in [3.63, 3.8) is 0 Å². The molecule has 0 spiro atoms. The van der Waals surface area contributed by atoms with E-state index in [0.29, 0.717) is 6.54 Å². The van der Waals surface area contributed by atoms with E-state index in [2.05, 4.69) is 4.74 Å². The first-order chi connectivity index (χ1) is 11.2. The summed E-state index contributed by atoms with van der Waals surface area (Å²) in [7, 11) is 1.30. The van der Waals surface area contributed by atoms with Gasteiger partial charge in [0.1, 0.15) is 0 Å². The summed E-state index contributed by atoms with van der Waals surface area (Å²) in [6, 6.07) is 3.95. The molecule has 0 aliphatic carbocycles. The molecule has 1 aromatic carbocycles. The predicted molar refractivity (Wildman–Crippen MR) is 82.6 cm³/mol. The van der Waals surface area contributed by atoms with Crippen LogP contribution in [0.3, 0.4) is 0 Å². The Balaban J connectivity index is 3.05. The normalized spacial score (nSPS) is 10.8. The number of carboxylic acids is 1. The van der Waals surface area contributed by atoms with Crippen molar-refractivity contribution in [2.45, 2.75) is 26.9 Å². The van der Waals surface area contributed by atoms with Gasteiger partial charge in [-0.25, -0.2) is 0 Å². The van der Waals surface area contributed by atoms with E-state index in [9.17, 15) is 18.4 Å². The van der Waals surface area contributed by atoms with Crippen LogP contribution in [0.15, 0.2) is 18.2 Å². The highest BCUT2D eigenvalue weighted by molar-refractivity contribution is 5.95. The molecule has 0 heterocycles. The molecule has 0 saturated heterocycles. The molecule has 0 unspecified atom stereocenters. The Kier molecular flexibility index (Phi) is 7.41. The van der Waals surface area contributed by atoms with Gasteiger partial charge in [0.25, 0.3) is 5.91 Å². The number of methoxy groups -OCH3 is 1. The molecule has 134 valence electrons. The molecule has 0 bridgehead atoms. The fourth-order valence-corrected chi connectivity index (χ4v) is 2.13. The number of carbonyl (C=O) groups excluding carboxylic acids is 1. The van der Waals surface area contributed by atoms with Crippen LogP contribution >= 0.6 is 0 Å². The molecule has 1 N–H and O–H groups in total. The first-order valence-corrected chi connectivity index (χ1v) is 7.38. The zero-order valence-electron chi connectivity index (χ0n) is 13.8. The third-order valence-corrected chi connectivity index (χ3v) is 3.09. The van der Waals surface area contributed by atoms with Crippen molar-refractivity contribution in [3.8, 4) is 11.5 Å². The number of hydrogen-bond acceptors (Lipinski definition) is 4. The molecule has 0 atom stereocenters. The van der Waals surface area contributed by atoms with Gasteiger partial charge in [-0.05, 0) is 24.1 Å². The van der Waals surface area contributed by atoms with E-state index in [1.54, 1.807) is 0 Å². The van der Waals surface area contributed by atoms with E-state index >= 15 is 0 Å². The molecule has 1 amide bonds. The number of aliphatic carboxylic acids is 1. The molecule has 0 aromatic heterocycles. The number of hydrogen-bond donors (Lipinski definition) is 1. The third-order valence-electron chi connectivity index (χ3n) is 3.09. The highest BCUT2D eigenvalue weighted by Gasteiger charge is 2.20. The molecule has 24 heavy (non-hydrogen) atoms. The number of ether oxygens (including phenoxy) is 2. The minimum atomic E-state index is -3.05. The van der Waals surface area contributed by atoms with E-state index in [4.69, 9.17) is 9.84 Å². The highest BCUT2D eigenvalue weighted by atomic mass is 19.3. The summed E-state index contributed by atoms with van der Waals surface area (Å²) in [6.45, 7) is 1.11. The third kappa shape index (κ3) is 6.02. The Morgan fingerprint density at radius 1 is 1.25 bits per heavy atom. The Morgan fingerprint density at radius 3 is 2.42 bits per heavy atom. The van der Waals surface area contributed by atoms with E-state index in [-0.39, 0.29) is 35.9 Å². The molecular weight excluding hydrogens is 324 g/mol. The highest BCUT2D eigenvalue weighted by Crippen LogP contribution is 2.30. The van der Waals surface area contributed by atoms with E-state index in [1.807, 2.05) is 13.8 Å². The lowest BCUT2D eigenvalue weighted by Crippen LogP contribution is -2.36. The van der Waals surface area contributed by atoms with E-state index in [1.165, 1.54) is 30.2 Å². The van der Waals surface area contributed by atoms with Crippen molar-refractivity contribution < 1.29 is 33.0 Å². The number of alkyl halides is 2. The zero-order chi connectivity index (χ0) is 18.3. The second-order valence-electron chi connectivity index (χ2n) is 5.53. The Bertz CT molecular complexity index is 578. The van der Waals surface area contributed by atoms with E-state index < -0.39 is 18.5 Å². The molecule has 8 heteroatoms. The second-order valence-corrected chi connectivity index (χ2v) is 5.53. The van der Waals surface area contributed by atoms with E-state index in [0.717, 1.165) is 0 Å². The van der Waals surface area contributed by atoms with Gasteiger partial charge in [-0.1, -0.05) is 13.8 Å². The smallest absolute Gasteiger partial charge is 0.387 e. The van der Waals surface area contributed by atoms with Gasteiger partial charge in [-0.3, -0.25) is 9.59 Å². The largest absolute Gasteiger partial charge is 0.493 e. The monoisotopic (exact) mass is 345 g/mol. The molecule has 6 nitrogen and oxygen atoms in total. The molecule has 0 aliphatic heterocycles. The van der Waals surface area contributed by atoms with Crippen LogP contribution < -0.4 is 9.47 Å². The van der Waals surface area contributed by atoms with Crippen LogP contribution in [0.2, 0.25) is 0 Å². The molecule has 1 aromatic rings. The molecule has 1 rings (SSSR count). The quantitative estimate of drug-likeness (QED) is 0.745. The van der Waals surface area contributed by atoms with Gasteiger partial charge in [0.05, 0.1) is 13.5 Å². The van der Waals surface area contributed by atoms with Gasteiger partial charge in [-0.2, -0.15) is 8.78 Å². The summed E-state index contributed by atoms with van der Waals surface area (Å²) < 4.78 is 34.2. The van der Waals surface area contributed by atoms with Crippen LogP contribution in [-0.4, -0.2) is 48.7 Å². The maximum absolute atomic E-state index is 12.6. The van der Waals surface area contributed by atoms with Crippen LogP contribution in [0, 0.1) is 5.92 Å².